The van der Waals surface area contributed by atoms with Crippen LogP contribution in [0.3, 0.4) is 0 Å². The number of esters is 1. The van der Waals surface area contributed by atoms with Crippen molar-refractivity contribution >= 4 is 18.1 Å². The number of nitrogen functional groups attached to an aromatic ring is 1. The van der Waals surface area contributed by atoms with Gasteiger partial charge in [0.2, 0.25) is 5.95 Å². The largest absolute Gasteiger partial charge is 0.427 e. The van der Waals surface area contributed by atoms with Crippen LogP contribution in [-0.2, 0) is 4.79 Å². The molecule has 0 aliphatic carbocycles. The molecule has 0 saturated heterocycles. The lowest BCUT2D eigenvalue weighted by molar-refractivity contribution is -0.131. The fourth-order valence-corrected chi connectivity index (χ4v) is 1.51. The lowest BCUT2D eigenvalue weighted by Crippen LogP contribution is -2.01. The summed E-state index contributed by atoms with van der Waals surface area (Å²) in [4.78, 5) is 14.8. The maximum absolute atomic E-state index is 10.8. The normalized spacial score (nSPS) is 10.8. The summed E-state index contributed by atoms with van der Waals surface area (Å²) in [6.07, 6.45) is 3.38. The van der Waals surface area contributed by atoms with Crippen LogP contribution < -0.4 is 10.5 Å². The molecule has 6 heteroatoms. The molecule has 0 bridgehead atoms. The second-order valence-corrected chi connectivity index (χ2v) is 3.99. The van der Waals surface area contributed by atoms with E-state index in [4.69, 9.17) is 10.5 Å². The van der Waals surface area contributed by atoms with Gasteiger partial charge in [-0.2, -0.15) is 5.10 Å². The minimum absolute atomic E-state index is 0.338. The van der Waals surface area contributed by atoms with E-state index in [0.29, 0.717) is 11.7 Å². The number of hydrogen-bond acceptors (Lipinski definition) is 5. The van der Waals surface area contributed by atoms with Gasteiger partial charge in [0.05, 0.1) is 18.1 Å². The van der Waals surface area contributed by atoms with Gasteiger partial charge in [-0.3, -0.25) is 4.79 Å². The maximum atomic E-state index is 10.8. The van der Waals surface area contributed by atoms with E-state index in [0.717, 1.165) is 11.3 Å². The molecule has 0 aliphatic heterocycles. The molecule has 0 amide bonds. The second kappa shape index (κ2) is 5.34. The van der Waals surface area contributed by atoms with Gasteiger partial charge in [-0.05, 0) is 36.8 Å². The Hall–Kier alpha value is -2.63. The van der Waals surface area contributed by atoms with E-state index >= 15 is 0 Å². The average Bonchev–Trinajstić information content (AvgIpc) is 2.66. The van der Waals surface area contributed by atoms with Crippen LogP contribution in [0, 0.1) is 6.92 Å². The third kappa shape index (κ3) is 3.41. The van der Waals surface area contributed by atoms with Gasteiger partial charge >= 0.3 is 5.97 Å². The average molecular weight is 258 g/mol. The maximum Gasteiger partial charge on any atom is 0.308 e. The monoisotopic (exact) mass is 258 g/mol. The summed E-state index contributed by atoms with van der Waals surface area (Å²) in [5, 5.41) is 4.18. The number of carbonyl (C=O) groups excluding carboxylic acids is 1. The lowest BCUT2D eigenvalue weighted by Gasteiger charge is -2.00. The Morgan fingerprint density at radius 1 is 1.42 bits per heavy atom. The van der Waals surface area contributed by atoms with E-state index < -0.39 is 0 Å². The molecule has 0 radical (unpaired) electrons. The number of aromatic nitrogens is 2. The number of carbonyl (C=O) groups is 1. The van der Waals surface area contributed by atoms with Crippen LogP contribution in [0.15, 0.2) is 35.6 Å². The highest BCUT2D eigenvalue weighted by Crippen LogP contribution is 2.11. The summed E-state index contributed by atoms with van der Waals surface area (Å²) < 4.78 is 6.43. The number of imidazole rings is 1. The predicted molar refractivity (Wildman–Crippen MR) is 72.1 cm³/mol. The zero-order valence-corrected chi connectivity index (χ0v) is 10.7. The fourth-order valence-electron chi connectivity index (χ4n) is 1.51. The number of rotatable bonds is 3. The highest BCUT2D eigenvalue weighted by atomic mass is 16.5. The molecular formula is C13H14N4O2. The standard InChI is InChI=1S/C13H14N4O2/c1-9-8-17(13(14)16-9)15-7-11-3-5-12(6-4-11)19-10(2)18/h3-8H,1-2H3,(H2,14,16). The van der Waals surface area contributed by atoms with Crippen LogP contribution in [0.4, 0.5) is 5.95 Å². The van der Waals surface area contributed by atoms with Crippen molar-refractivity contribution in [1.82, 2.24) is 9.66 Å². The van der Waals surface area contributed by atoms with Crippen molar-refractivity contribution in [2.24, 2.45) is 5.10 Å². The smallest absolute Gasteiger partial charge is 0.308 e. The molecule has 0 fully saturated rings. The van der Waals surface area contributed by atoms with Crippen molar-refractivity contribution in [3.05, 3.63) is 41.7 Å². The zero-order chi connectivity index (χ0) is 13.8. The van der Waals surface area contributed by atoms with Crippen LogP contribution in [0.5, 0.6) is 5.75 Å². The number of anilines is 1. The van der Waals surface area contributed by atoms with Crippen LogP contribution >= 0.6 is 0 Å². The second-order valence-electron chi connectivity index (χ2n) is 3.99. The van der Waals surface area contributed by atoms with E-state index in [1.165, 1.54) is 11.6 Å². The molecule has 2 rings (SSSR count). The van der Waals surface area contributed by atoms with Gasteiger partial charge in [-0.15, -0.1) is 0 Å². The van der Waals surface area contributed by atoms with Crippen molar-refractivity contribution in [3.63, 3.8) is 0 Å². The van der Waals surface area contributed by atoms with Gasteiger partial charge in [-0.1, -0.05) is 0 Å². The molecule has 0 unspecified atom stereocenters. The van der Waals surface area contributed by atoms with Gasteiger partial charge in [0.1, 0.15) is 5.75 Å². The van der Waals surface area contributed by atoms with Crippen LogP contribution in [0.2, 0.25) is 0 Å². The molecule has 0 atom stereocenters. The third-order valence-electron chi connectivity index (χ3n) is 2.31. The van der Waals surface area contributed by atoms with E-state index in [1.807, 2.05) is 6.92 Å². The van der Waals surface area contributed by atoms with Crippen molar-refractivity contribution < 1.29 is 9.53 Å². The van der Waals surface area contributed by atoms with Crippen LogP contribution in [0.25, 0.3) is 0 Å². The molecule has 0 saturated carbocycles. The van der Waals surface area contributed by atoms with Crippen LogP contribution in [0.1, 0.15) is 18.2 Å². The van der Waals surface area contributed by atoms with E-state index in [9.17, 15) is 4.79 Å². The third-order valence-corrected chi connectivity index (χ3v) is 2.31. The summed E-state index contributed by atoms with van der Waals surface area (Å²) in [7, 11) is 0. The summed E-state index contributed by atoms with van der Waals surface area (Å²) >= 11 is 0. The molecule has 2 aromatic rings. The first kappa shape index (κ1) is 12.8. The van der Waals surface area contributed by atoms with Crippen molar-refractivity contribution in [3.8, 4) is 5.75 Å². The number of nitrogens with zero attached hydrogens (tertiary/aromatic N) is 3. The Balaban J connectivity index is 2.11. The SMILES string of the molecule is CC(=O)Oc1ccc(C=Nn2cc(C)nc2N)cc1. The number of aryl methyl sites for hydroxylation is 1. The molecule has 6 nitrogen and oxygen atoms in total. The minimum atomic E-state index is -0.344. The topological polar surface area (TPSA) is 82.5 Å². The first-order valence-electron chi connectivity index (χ1n) is 5.69. The number of hydrogen-bond donors (Lipinski definition) is 1. The summed E-state index contributed by atoms with van der Waals surface area (Å²) in [5.41, 5.74) is 7.33. The van der Waals surface area contributed by atoms with Crippen molar-refractivity contribution in [2.45, 2.75) is 13.8 Å². The van der Waals surface area contributed by atoms with E-state index in [-0.39, 0.29) is 5.97 Å². The minimum Gasteiger partial charge on any atom is -0.427 e. The number of ether oxygens (including phenoxy) is 1. The van der Waals surface area contributed by atoms with Gasteiger partial charge in [0, 0.05) is 6.92 Å². The Bertz CT molecular complexity index is 614. The van der Waals surface area contributed by atoms with E-state index in [1.54, 1.807) is 36.7 Å². The summed E-state index contributed by atoms with van der Waals surface area (Å²) in [6.45, 7) is 3.20. The first-order valence-corrected chi connectivity index (χ1v) is 5.69. The number of benzene rings is 1. The summed E-state index contributed by atoms with van der Waals surface area (Å²) in [6, 6.07) is 6.99. The predicted octanol–water partition coefficient (Wildman–Crippen LogP) is 1.58. The molecule has 0 aliphatic rings. The molecule has 98 valence electrons. The Morgan fingerprint density at radius 2 is 2.11 bits per heavy atom. The summed E-state index contributed by atoms with van der Waals surface area (Å²) in [5.74, 6) is 0.496. The zero-order valence-electron chi connectivity index (χ0n) is 10.7. The first-order chi connectivity index (χ1) is 9.04. The number of nitrogens with two attached hydrogens (primary N) is 1. The van der Waals surface area contributed by atoms with Crippen molar-refractivity contribution in [1.29, 1.82) is 0 Å². The van der Waals surface area contributed by atoms with Gasteiger partial charge in [0.15, 0.2) is 0 Å². The fraction of sp³-hybridized carbons (Fsp3) is 0.154. The molecule has 2 N–H and O–H groups in total. The Morgan fingerprint density at radius 3 is 2.63 bits per heavy atom. The molecule has 1 aromatic heterocycles. The molecule has 1 heterocycles. The Kier molecular flexibility index (Phi) is 3.61. The van der Waals surface area contributed by atoms with Crippen LogP contribution in [-0.4, -0.2) is 21.8 Å². The highest BCUT2D eigenvalue weighted by Gasteiger charge is 1.99. The highest BCUT2D eigenvalue weighted by molar-refractivity contribution is 5.80. The van der Waals surface area contributed by atoms with Crippen molar-refractivity contribution in [2.75, 3.05) is 5.73 Å². The molecule has 1 aromatic carbocycles. The van der Waals surface area contributed by atoms with Gasteiger partial charge in [-0.25, -0.2) is 9.66 Å². The molecule has 0 spiro atoms. The van der Waals surface area contributed by atoms with Gasteiger partial charge < -0.3 is 10.5 Å². The van der Waals surface area contributed by atoms with E-state index in [2.05, 4.69) is 10.1 Å². The lowest BCUT2D eigenvalue weighted by atomic mass is 10.2. The van der Waals surface area contributed by atoms with Gasteiger partial charge in [0.25, 0.3) is 0 Å². The quantitative estimate of drug-likeness (QED) is 0.514. The molecule has 19 heavy (non-hydrogen) atoms. The Labute approximate surface area is 110 Å². The molecular weight excluding hydrogens is 244 g/mol.